The van der Waals surface area contributed by atoms with Gasteiger partial charge in [-0.3, -0.25) is 4.90 Å². The molecule has 1 heterocycles. The first-order chi connectivity index (χ1) is 8.72. The zero-order valence-electron chi connectivity index (χ0n) is 12.4. The standard InChI is InChI=1S/C16H30N2/c1-4-17-16-10-12-18(14(3)13(16)2)11-9-15-7-5-6-8-15/h7,13-14,16-17H,4-6,8-12H2,1-3H3. The van der Waals surface area contributed by atoms with E-state index in [4.69, 9.17) is 0 Å². The van der Waals surface area contributed by atoms with E-state index in [-0.39, 0.29) is 0 Å². The molecule has 1 N–H and O–H groups in total. The molecule has 0 saturated carbocycles. The molecule has 0 aromatic heterocycles. The van der Waals surface area contributed by atoms with Crippen molar-refractivity contribution in [1.82, 2.24) is 10.2 Å². The molecule has 3 unspecified atom stereocenters. The summed E-state index contributed by atoms with van der Waals surface area (Å²) >= 11 is 0. The Labute approximate surface area is 113 Å². The van der Waals surface area contributed by atoms with Crippen LogP contribution in [0, 0.1) is 5.92 Å². The van der Waals surface area contributed by atoms with Crippen LogP contribution < -0.4 is 5.32 Å². The van der Waals surface area contributed by atoms with E-state index in [1.807, 2.05) is 0 Å². The van der Waals surface area contributed by atoms with Gasteiger partial charge in [-0.1, -0.05) is 25.5 Å². The van der Waals surface area contributed by atoms with E-state index in [0.29, 0.717) is 0 Å². The molecular formula is C16H30N2. The molecule has 2 aliphatic rings. The summed E-state index contributed by atoms with van der Waals surface area (Å²) < 4.78 is 0. The first kappa shape index (κ1) is 14.1. The van der Waals surface area contributed by atoms with Crippen LogP contribution in [0.5, 0.6) is 0 Å². The van der Waals surface area contributed by atoms with Gasteiger partial charge in [0.2, 0.25) is 0 Å². The summed E-state index contributed by atoms with van der Waals surface area (Å²) in [4.78, 5) is 2.71. The minimum Gasteiger partial charge on any atom is -0.314 e. The summed E-state index contributed by atoms with van der Waals surface area (Å²) in [5.74, 6) is 0.774. The van der Waals surface area contributed by atoms with Gasteiger partial charge in [0.05, 0.1) is 0 Å². The molecule has 2 rings (SSSR count). The lowest BCUT2D eigenvalue weighted by atomic mass is 9.86. The number of allylic oxidation sites excluding steroid dienone is 1. The lowest BCUT2D eigenvalue weighted by molar-refractivity contribution is 0.0866. The van der Waals surface area contributed by atoms with E-state index in [1.165, 1.54) is 45.2 Å². The van der Waals surface area contributed by atoms with Gasteiger partial charge in [0, 0.05) is 18.6 Å². The van der Waals surface area contributed by atoms with E-state index in [0.717, 1.165) is 24.5 Å². The molecule has 104 valence electrons. The highest BCUT2D eigenvalue weighted by Gasteiger charge is 2.31. The number of hydrogen-bond donors (Lipinski definition) is 1. The zero-order chi connectivity index (χ0) is 13.0. The van der Waals surface area contributed by atoms with Gasteiger partial charge in [-0.05, 0) is 58.0 Å². The number of hydrogen-bond acceptors (Lipinski definition) is 2. The van der Waals surface area contributed by atoms with Gasteiger partial charge in [0.15, 0.2) is 0 Å². The summed E-state index contributed by atoms with van der Waals surface area (Å²) in [6, 6.07) is 1.46. The second-order valence-corrected chi connectivity index (χ2v) is 6.09. The summed E-state index contributed by atoms with van der Waals surface area (Å²) in [6.45, 7) is 10.7. The van der Waals surface area contributed by atoms with Gasteiger partial charge in [-0.15, -0.1) is 0 Å². The maximum Gasteiger partial charge on any atom is 0.0120 e. The molecular weight excluding hydrogens is 220 g/mol. The number of likely N-dealkylation sites (tertiary alicyclic amines) is 1. The fraction of sp³-hybridized carbons (Fsp3) is 0.875. The van der Waals surface area contributed by atoms with Crippen LogP contribution in [0.2, 0.25) is 0 Å². The van der Waals surface area contributed by atoms with Crippen molar-refractivity contribution in [1.29, 1.82) is 0 Å². The van der Waals surface area contributed by atoms with E-state index in [1.54, 1.807) is 5.57 Å². The average Bonchev–Trinajstić information content (AvgIpc) is 2.87. The quantitative estimate of drug-likeness (QED) is 0.754. The SMILES string of the molecule is CCNC1CCN(CCC2=CCCC2)C(C)C1C. The van der Waals surface area contributed by atoms with Crippen molar-refractivity contribution >= 4 is 0 Å². The van der Waals surface area contributed by atoms with E-state index in [2.05, 4.69) is 37.1 Å². The highest BCUT2D eigenvalue weighted by Crippen LogP contribution is 2.26. The maximum atomic E-state index is 3.64. The first-order valence-electron chi connectivity index (χ1n) is 7.87. The van der Waals surface area contributed by atoms with Gasteiger partial charge in [0.1, 0.15) is 0 Å². The lowest BCUT2D eigenvalue weighted by Gasteiger charge is -2.43. The van der Waals surface area contributed by atoms with Crippen LogP contribution in [0.25, 0.3) is 0 Å². The minimum atomic E-state index is 0.727. The van der Waals surface area contributed by atoms with Crippen molar-refractivity contribution < 1.29 is 0 Å². The number of piperidine rings is 1. The van der Waals surface area contributed by atoms with Gasteiger partial charge in [-0.2, -0.15) is 0 Å². The van der Waals surface area contributed by atoms with Crippen LogP contribution in [-0.2, 0) is 0 Å². The van der Waals surface area contributed by atoms with Crippen molar-refractivity contribution in [3.63, 3.8) is 0 Å². The number of nitrogens with zero attached hydrogens (tertiary/aromatic N) is 1. The lowest BCUT2D eigenvalue weighted by Crippen LogP contribution is -2.53. The molecule has 2 nitrogen and oxygen atoms in total. The third-order valence-electron chi connectivity index (χ3n) is 5.02. The molecule has 0 aromatic carbocycles. The predicted molar refractivity (Wildman–Crippen MR) is 78.8 cm³/mol. The summed E-state index contributed by atoms with van der Waals surface area (Å²) in [5.41, 5.74) is 1.71. The van der Waals surface area contributed by atoms with Gasteiger partial charge in [0.25, 0.3) is 0 Å². The van der Waals surface area contributed by atoms with Crippen molar-refractivity contribution in [3.8, 4) is 0 Å². The molecule has 0 spiro atoms. The second-order valence-electron chi connectivity index (χ2n) is 6.09. The third-order valence-corrected chi connectivity index (χ3v) is 5.02. The van der Waals surface area contributed by atoms with Crippen LogP contribution in [0.3, 0.4) is 0 Å². The Hall–Kier alpha value is -0.340. The van der Waals surface area contributed by atoms with E-state index < -0.39 is 0 Å². The Morgan fingerprint density at radius 2 is 2.22 bits per heavy atom. The molecule has 0 amide bonds. The van der Waals surface area contributed by atoms with Crippen LogP contribution in [0.4, 0.5) is 0 Å². The van der Waals surface area contributed by atoms with Crippen LogP contribution >= 0.6 is 0 Å². The summed E-state index contributed by atoms with van der Waals surface area (Å²) in [6.07, 6.45) is 9.17. The van der Waals surface area contributed by atoms with Crippen LogP contribution in [0.1, 0.15) is 52.9 Å². The Balaban J connectivity index is 1.79. The second kappa shape index (κ2) is 6.72. The number of nitrogens with one attached hydrogen (secondary N) is 1. The van der Waals surface area contributed by atoms with Gasteiger partial charge < -0.3 is 5.32 Å². The Kier molecular flexibility index (Phi) is 5.25. The molecule has 1 aliphatic carbocycles. The molecule has 0 aromatic rings. The molecule has 1 fully saturated rings. The topological polar surface area (TPSA) is 15.3 Å². The predicted octanol–water partition coefficient (Wildman–Crippen LogP) is 3.20. The number of rotatable bonds is 5. The molecule has 18 heavy (non-hydrogen) atoms. The van der Waals surface area contributed by atoms with Crippen molar-refractivity contribution in [2.75, 3.05) is 19.6 Å². The zero-order valence-corrected chi connectivity index (χ0v) is 12.4. The van der Waals surface area contributed by atoms with Crippen molar-refractivity contribution in [2.24, 2.45) is 5.92 Å². The third kappa shape index (κ3) is 3.36. The van der Waals surface area contributed by atoms with Gasteiger partial charge >= 0.3 is 0 Å². The molecule has 1 saturated heterocycles. The fourth-order valence-electron chi connectivity index (χ4n) is 3.56. The average molecular weight is 250 g/mol. The monoisotopic (exact) mass is 250 g/mol. The van der Waals surface area contributed by atoms with Gasteiger partial charge in [-0.25, -0.2) is 0 Å². The molecule has 1 aliphatic heterocycles. The molecule has 0 bridgehead atoms. The fourth-order valence-corrected chi connectivity index (χ4v) is 3.56. The molecule has 2 heteroatoms. The smallest absolute Gasteiger partial charge is 0.0120 e. The van der Waals surface area contributed by atoms with E-state index in [9.17, 15) is 0 Å². The highest BCUT2D eigenvalue weighted by atomic mass is 15.2. The Morgan fingerprint density at radius 3 is 2.89 bits per heavy atom. The van der Waals surface area contributed by atoms with Crippen LogP contribution in [-0.4, -0.2) is 36.6 Å². The maximum absolute atomic E-state index is 3.64. The minimum absolute atomic E-state index is 0.727. The highest BCUT2D eigenvalue weighted by molar-refractivity contribution is 5.07. The summed E-state index contributed by atoms with van der Waals surface area (Å²) in [7, 11) is 0. The van der Waals surface area contributed by atoms with Crippen molar-refractivity contribution in [2.45, 2.75) is 65.0 Å². The Morgan fingerprint density at radius 1 is 1.39 bits per heavy atom. The molecule has 3 atom stereocenters. The van der Waals surface area contributed by atoms with E-state index >= 15 is 0 Å². The summed E-state index contributed by atoms with van der Waals surface area (Å²) in [5, 5.41) is 3.64. The van der Waals surface area contributed by atoms with Crippen molar-refractivity contribution in [3.05, 3.63) is 11.6 Å². The van der Waals surface area contributed by atoms with Crippen LogP contribution in [0.15, 0.2) is 11.6 Å². The largest absolute Gasteiger partial charge is 0.314 e. The Bertz CT molecular complexity index is 285. The molecule has 0 radical (unpaired) electrons. The first-order valence-corrected chi connectivity index (χ1v) is 7.87. The normalized spacial score (nSPS) is 33.7.